The highest BCUT2D eigenvalue weighted by molar-refractivity contribution is 6.00. The minimum absolute atomic E-state index is 0.0506. The zero-order valence-corrected chi connectivity index (χ0v) is 14.6. The quantitative estimate of drug-likeness (QED) is 0.634. The van der Waals surface area contributed by atoms with Crippen LogP contribution in [0.4, 0.5) is 5.69 Å². The molecule has 1 heterocycles. The van der Waals surface area contributed by atoms with E-state index in [1.165, 1.54) is 0 Å². The maximum absolute atomic E-state index is 12.4. The Bertz CT molecular complexity index is 798. The number of rotatable bonds is 4. The molecule has 0 spiro atoms. The average Bonchev–Trinajstić information content (AvgIpc) is 2.99. The lowest BCUT2D eigenvalue weighted by Gasteiger charge is -2.19. The van der Waals surface area contributed by atoms with Crippen molar-refractivity contribution in [3.05, 3.63) is 53.6 Å². The number of benzene rings is 2. The molecule has 0 unspecified atom stereocenters. The number of anilines is 1. The molecule has 5 heteroatoms. The number of ether oxygens (including phenoxy) is 2. The van der Waals surface area contributed by atoms with E-state index >= 15 is 0 Å². The molecule has 0 N–H and O–H groups in total. The van der Waals surface area contributed by atoms with E-state index in [2.05, 4.69) is 0 Å². The molecule has 1 atom stereocenters. The van der Waals surface area contributed by atoms with Gasteiger partial charge >= 0.3 is 5.97 Å². The molecule has 1 aliphatic heterocycles. The highest BCUT2D eigenvalue weighted by atomic mass is 16.5. The predicted octanol–water partition coefficient (Wildman–Crippen LogP) is 3.27. The Hall–Kier alpha value is -2.82. The molecule has 0 aliphatic carbocycles. The van der Waals surface area contributed by atoms with Gasteiger partial charge in [0.25, 0.3) is 0 Å². The lowest BCUT2D eigenvalue weighted by molar-refractivity contribution is -0.139. The third-order valence-corrected chi connectivity index (χ3v) is 4.39. The standard InChI is InChI=1S/C20H21NO4/c1-13-4-5-14(2)18(10-13)21-12-15(11-19(21)22)20(23)25-17-8-6-16(24-3)7-9-17/h4-10,15H,11-12H2,1-3H3/t15-/m1/s1. The fourth-order valence-electron chi connectivity index (χ4n) is 2.95. The monoisotopic (exact) mass is 339 g/mol. The summed E-state index contributed by atoms with van der Waals surface area (Å²) in [5, 5.41) is 0. The number of nitrogens with zero attached hydrogens (tertiary/aromatic N) is 1. The minimum Gasteiger partial charge on any atom is -0.497 e. The molecule has 0 saturated carbocycles. The van der Waals surface area contributed by atoms with Gasteiger partial charge in [0.1, 0.15) is 11.5 Å². The molecule has 3 rings (SSSR count). The third kappa shape index (κ3) is 3.65. The van der Waals surface area contributed by atoms with Crippen LogP contribution in [0.25, 0.3) is 0 Å². The molecule has 0 bridgehead atoms. The van der Waals surface area contributed by atoms with E-state index in [1.54, 1.807) is 36.3 Å². The van der Waals surface area contributed by atoms with Crippen molar-refractivity contribution in [2.45, 2.75) is 20.3 Å². The number of hydrogen-bond acceptors (Lipinski definition) is 4. The van der Waals surface area contributed by atoms with Gasteiger partial charge < -0.3 is 14.4 Å². The number of hydrogen-bond donors (Lipinski definition) is 0. The summed E-state index contributed by atoms with van der Waals surface area (Å²) in [6.07, 6.45) is 0.169. The first-order valence-electron chi connectivity index (χ1n) is 8.21. The lowest BCUT2D eigenvalue weighted by Crippen LogP contribution is -2.27. The van der Waals surface area contributed by atoms with Crippen LogP contribution < -0.4 is 14.4 Å². The van der Waals surface area contributed by atoms with Crippen molar-refractivity contribution < 1.29 is 19.1 Å². The zero-order chi connectivity index (χ0) is 18.0. The van der Waals surface area contributed by atoms with Gasteiger partial charge in [-0.15, -0.1) is 0 Å². The summed E-state index contributed by atoms with van der Waals surface area (Å²) < 4.78 is 10.5. The molecule has 1 fully saturated rings. The fraction of sp³-hybridized carbons (Fsp3) is 0.300. The van der Waals surface area contributed by atoms with Crippen molar-refractivity contribution >= 4 is 17.6 Å². The summed E-state index contributed by atoms with van der Waals surface area (Å²) in [6, 6.07) is 12.8. The summed E-state index contributed by atoms with van der Waals surface area (Å²) in [5.74, 6) is 0.242. The van der Waals surface area contributed by atoms with Gasteiger partial charge in [0.15, 0.2) is 0 Å². The van der Waals surface area contributed by atoms with Gasteiger partial charge in [0.2, 0.25) is 5.91 Å². The van der Waals surface area contributed by atoms with Gasteiger partial charge in [0, 0.05) is 18.7 Å². The van der Waals surface area contributed by atoms with E-state index in [1.807, 2.05) is 32.0 Å². The predicted molar refractivity (Wildman–Crippen MR) is 95.0 cm³/mol. The van der Waals surface area contributed by atoms with Crippen LogP contribution in [0, 0.1) is 19.8 Å². The number of amides is 1. The van der Waals surface area contributed by atoms with Crippen LogP contribution in [0.3, 0.4) is 0 Å². The van der Waals surface area contributed by atoms with E-state index in [9.17, 15) is 9.59 Å². The number of carbonyl (C=O) groups is 2. The van der Waals surface area contributed by atoms with Crippen molar-refractivity contribution in [3.63, 3.8) is 0 Å². The third-order valence-electron chi connectivity index (χ3n) is 4.39. The Morgan fingerprint density at radius 3 is 2.44 bits per heavy atom. The molecule has 1 amide bonds. The SMILES string of the molecule is COc1ccc(OC(=O)[C@@H]2CC(=O)N(c3cc(C)ccc3C)C2)cc1. The summed E-state index contributed by atoms with van der Waals surface area (Å²) in [5.41, 5.74) is 2.96. The molecule has 130 valence electrons. The summed E-state index contributed by atoms with van der Waals surface area (Å²) >= 11 is 0. The Morgan fingerprint density at radius 2 is 1.76 bits per heavy atom. The van der Waals surface area contributed by atoms with Crippen molar-refractivity contribution in [2.75, 3.05) is 18.6 Å². The van der Waals surface area contributed by atoms with E-state index in [-0.39, 0.29) is 18.3 Å². The van der Waals surface area contributed by atoms with Crippen molar-refractivity contribution in [2.24, 2.45) is 5.92 Å². The minimum atomic E-state index is -0.463. The van der Waals surface area contributed by atoms with Gasteiger partial charge in [-0.2, -0.15) is 0 Å². The molecular formula is C20H21NO4. The molecule has 2 aromatic carbocycles. The number of aryl methyl sites for hydroxylation is 2. The van der Waals surface area contributed by atoms with Crippen molar-refractivity contribution in [3.8, 4) is 11.5 Å². The van der Waals surface area contributed by atoms with Crippen LogP contribution in [0.1, 0.15) is 17.5 Å². The van der Waals surface area contributed by atoms with E-state index in [4.69, 9.17) is 9.47 Å². The summed E-state index contributed by atoms with van der Waals surface area (Å²) in [7, 11) is 1.58. The van der Waals surface area contributed by atoms with Crippen LogP contribution in [-0.2, 0) is 9.59 Å². The largest absolute Gasteiger partial charge is 0.497 e. The van der Waals surface area contributed by atoms with Gasteiger partial charge in [-0.25, -0.2) is 0 Å². The summed E-state index contributed by atoms with van der Waals surface area (Å²) in [6.45, 7) is 4.29. The average molecular weight is 339 g/mol. The topological polar surface area (TPSA) is 55.8 Å². The fourth-order valence-corrected chi connectivity index (χ4v) is 2.95. The molecule has 0 radical (unpaired) electrons. The van der Waals surface area contributed by atoms with Crippen LogP contribution in [0.5, 0.6) is 11.5 Å². The molecule has 0 aromatic heterocycles. The highest BCUT2D eigenvalue weighted by Crippen LogP contribution is 2.30. The number of methoxy groups -OCH3 is 1. The molecule has 1 saturated heterocycles. The maximum Gasteiger partial charge on any atom is 0.316 e. The van der Waals surface area contributed by atoms with Crippen LogP contribution in [-0.4, -0.2) is 25.5 Å². The van der Waals surface area contributed by atoms with Crippen LogP contribution in [0.2, 0.25) is 0 Å². The van der Waals surface area contributed by atoms with Crippen molar-refractivity contribution in [1.82, 2.24) is 0 Å². The second-order valence-corrected chi connectivity index (χ2v) is 6.29. The summed E-state index contributed by atoms with van der Waals surface area (Å²) in [4.78, 5) is 26.5. The first-order chi connectivity index (χ1) is 12.0. The van der Waals surface area contributed by atoms with E-state index < -0.39 is 5.92 Å². The van der Waals surface area contributed by atoms with Gasteiger partial charge in [-0.3, -0.25) is 9.59 Å². The lowest BCUT2D eigenvalue weighted by atomic mass is 10.1. The second kappa shape index (κ2) is 6.97. The highest BCUT2D eigenvalue weighted by Gasteiger charge is 2.36. The van der Waals surface area contributed by atoms with Gasteiger partial charge in [-0.05, 0) is 55.3 Å². The number of esters is 1. The van der Waals surface area contributed by atoms with Crippen molar-refractivity contribution in [1.29, 1.82) is 0 Å². The van der Waals surface area contributed by atoms with Crippen LogP contribution >= 0.6 is 0 Å². The van der Waals surface area contributed by atoms with E-state index in [0.29, 0.717) is 18.0 Å². The Morgan fingerprint density at radius 1 is 1.08 bits per heavy atom. The Kier molecular flexibility index (Phi) is 4.74. The van der Waals surface area contributed by atoms with Gasteiger partial charge in [0.05, 0.1) is 13.0 Å². The zero-order valence-electron chi connectivity index (χ0n) is 14.6. The molecule has 5 nitrogen and oxygen atoms in total. The first-order valence-corrected chi connectivity index (χ1v) is 8.21. The molecule has 1 aliphatic rings. The molecular weight excluding hydrogens is 318 g/mol. The first kappa shape index (κ1) is 17.0. The normalized spacial score (nSPS) is 16.8. The van der Waals surface area contributed by atoms with Crippen LogP contribution in [0.15, 0.2) is 42.5 Å². The Labute approximate surface area is 147 Å². The van der Waals surface area contributed by atoms with E-state index in [0.717, 1.165) is 16.8 Å². The maximum atomic E-state index is 12.4. The Balaban J connectivity index is 1.71. The molecule has 2 aromatic rings. The van der Waals surface area contributed by atoms with Gasteiger partial charge in [-0.1, -0.05) is 12.1 Å². The molecule has 25 heavy (non-hydrogen) atoms. The number of carbonyl (C=O) groups excluding carboxylic acids is 2. The smallest absolute Gasteiger partial charge is 0.316 e. The second-order valence-electron chi connectivity index (χ2n) is 6.29.